The van der Waals surface area contributed by atoms with Gasteiger partial charge in [-0.2, -0.15) is 0 Å². The van der Waals surface area contributed by atoms with Crippen molar-refractivity contribution in [1.82, 2.24) is 4.98 Å². The molecule has 2 aromatic carbocycles. The highest BCUT2D eigenvalue weighted by Gasteiger charge is 2.28. The molecule has 0 bridgehead atoms. The average molecular weight is 569 g/mol. The van der Waals surface area contributed by atoms with E-state index in [0.29, 0.717) is 16.8 Å². The van der Waals surface area contributed by atoms with Crippen LogP contribution in [0.5, 0.6) is 0 Å². The van der Waals surface area contributed by atoms with Crippen molar-refractivity contribution in [3.63, 3.8) is 0 Å². The third kappa shape index (κ3) is 6.62. The first-order chi connectivity index (χ1) is 18.6. The van der Waals surface area contributed by atoms with Gasteiger partial charge in [0.05, 0.1) is 28.3 Å². The first-order valence-corrected chi connectivity index (χ1v) is 14.4. The number of benzene rings is 2. The summed E-state index contributed by atoms with van der Waals surface area (Å²) < 4.78 is 39.3. The van der Waals surface area contributed by atoms with E-state index in [-0.39, 0.29) is 39.4 Å². The number of aryl methyl sites for hydroxylation is 2. The van der Waals surface area contributed by atoms with Crippen LogP contribution in [-0.2, 0) is 24.9 Å². The highest BCUT2D eigenvalue weighted by molar-refractivity contribution is 7.92. The summed E-state index contributed by atoms with van der Waals surface area (Å²) in [5.74, 6) is -1.79. The van der Waals surface area contributed by atoms with Crippen molar-refractivity contribution < 1.29 is 32.3 Å². The van der Waals surface area contributed by atoms with Gasteiger partial charge in [-0.05, 0) is 87.1 Å². The lowest BCUT2D eigenvalue weighted by Gasteiger charge is -2.21. The maximum absolute atomic E-state index is 13.1. The summed E-state index contributed by atoms with van der Waals surface area (Å²) >= 11 is 0. The van der Waals surface area contributed by atoms with Crippen LogP contribution in [0.3, 0.4) is 0 Å². The van der Waals surface area contributed by atoms with Gasteiger partial charge in [0.1, 0.15) is 0 Å². The van der Waals surface area contributed by atoms with Crippen LogP contribution in [0.1, 0.15) is 88.2 Å². The predicted molar refractivity (Wildman–Crippen MR) is 153 cm³/mol. The van der Waals surface area contributed by atoms with Crippen LogP contribution in [0.25, 0.3) is 0 Å². The molecule has 0 amide bonds. The molecule has 1 atom stereocenters. The number of aromatic amines is 1. The molecule has 0 saturated heterocycles. The molecule has 0 saturated carbocycles. The summed E-state index contributed by atoms with van der Waals surface area (Å²) in [6.45, 7) is 14.4. The van der Waals surface area contributed by atoms with E-state index in [4.69, 9.17) is 9.47 Å². The normalized spacial score (nSPS) is 12.5. The lowest BCUT2D eigenvalue weighted by Crippen LogP contribution is -2.25. The second-order valence-electron chi connectivity index (χ2n) is 10.7. The second kappa shape index (κ2) is 11.7. The zero-order chi connectivity index (χ0) is 30.0. The molecular weight excluding hydrogens is 532 g/mol. The van der Waals surface area contributed by atoms with Gasteiger partial charge < -0.3 is 14.5 Å². The first kappa shape index (κ1) is 30.6. The summed E-state index contributed by atoms with van der Waals surface area (Å²) in [7, 11) is -3.88. The van der Waals surface area contributed by atoms with E-state index in [1.165, 1.54) is 31.2 Å². The summed E-state index contributed by atoms with van der Waals surface area (Å²) in [4.78, 5) is 41.1. The SMILES string of the molecule is CCOC(=O)c1c(C)[nH]c(C(=O)[C@@H](C)OC(=O)c2ccc(NS(=O)(=O)c3cc(C(C)(C)C)ccc3C)cc2)c1C. The van der Waals surface area contributed by atoms with Crippen molar-refractivity contribution >= 4 is 33.4 Å². The summed E-state index contributed by atoms with van der Waals surface area (Å²) in [5.41, 5.74) is 3.03. The Balaban J connectivity index is 1.73. The Hall–Kier alpha value is -3.92. The molecule has 3 rings (SSSR count). The summed E-state index contributed by atoms with van der Waals surface area (Å²) in [6, 6.07) is 11.1. The summed E-state index contributed by atoms with van der Waals surface area (Å²) in [5, 5.41) is 0. The van der Waals surface area contributed by atoms with Crippen LogP contribution >= 0.6 is 0 Å². The Bertz CT molecular complexity index is 1550. The lowest BCUT2D eigenvalue weighted by molar-refractivity contribution is 0.0316. The number of nitrogens with one attached hydrogen (secondary N) is 2. The minimum atomic E-state index is -3.88. The van der Waals surface area contributed by atoms with Gasteiger partial charge in [0, 0.05) is 11.4 Å². The molecule has 40 heavy (non-hydrogen) atoms. The van der Waals surface area contributed by atoms with Gasteiger partial charge in [0.2, 0.25) is 5.78 Å². The number of carbonyl (C=O) groups is 3. The van der Waals surface area contributed by atoms with E-state index >= 15 is 0 Å². The molecule has 1 heterocycles. The third-order valence-corrected chi connectivity index (χ3v) is 8.06. The number of hydrogen-bond acceptors (Lipinski definition) is 7. The fourth-order valence-electron chi connectivity index (χ4n) is 4.23. The Morgan fingerprint density at radius 1 is 0.975 bits per heavy atom. The van der Waals surface area contributed by atoms with Crippen molar-refractivity contribution in [3.05, 3.63) is 81.7 Å². The molecule has 0 aliphatic rings. The van der Waals surface area contributed by atoms with Gasteiger partial charge in [0.15, 0.2) is 6.10 Å². The molecule has 0 aliphatic heterocycles. The Morgan fingerprint density at radius 3 is 2.17 bits per heavy atom. The topological polar surface area (TPSA) is 132 Å². The molecule has 1 aromatic heterocycles. The van der Waals surface area contributed by atoms with Gasteiger partial charge in [-0.1, -0.05) is 32.9 Å². The average Bonchev–Trinajstić information content (AvgIpc) is 3.16. The van der Waals surface area contributed by atoms with Crippen molar-refractivity contribution in [2.45, 2.75) is 71.8 Å². The highest BCUT2D eigenvalue weighted by Crippen LogP contribution is 2.28. The number of ketones is 1. The minimum absolute atomic E-state index is 0.139. The van der Waals surface area contributed by atoms with Crippen molar-refractivity contribution in [1.29, 1.82) is 0 Å². The molecule has 214 valence electrons. The van der Waals surface area contributed by atoms with E-state index in [9.17, 15) is 22.8 Å². The second-order valence-corrected chi connectivity index (χ2v) is 12.3. The molecular formula is C30H36N2O7S. The number of ether oxygens (including phenoxy) is 2. The van der Waals surface area contributed by atoms with E-state index in [0.717, 1.165) is 5.56 Å². The van der Waals surface area contributed by atoms with Crippen LogP contribution in [0.2, 0.25) is 0 Å². The van der Waals surface area contributed by atoms with E-state index in [1.807, 2.05) is 26.8 Å². The highest BCUT2D eigenvalue weighted by atomic mass is 32.2. The molecule has 3 aromatic rings. The van der Waals surface area contributed by atoms with Crippen LogP contribution in [0, 0.1) is 20.8 Å². The van der Waals surface area contributed by atoms with Crippen LogP contribution in [-0.4, -0.2) is 43.8 Å². The zero-order valence-electron chi connectivity index (χ0n) is 24.1. The van der Waals surface area contributed by atoms with Crippen LogP contribution in [0.15, 0.2) is 47.4 Å². The number of esters is 2. The van der Waals surface area contributed by atoms with Crippen molar-refractivity contribution in [3.8, 4) is 0 Å². The van der Waals surface area contributed by atoms with E-state index in [2.05, 4.69) is 9.71 Å². The molecule has 0 spiro atoms. The summed E-state index contributed by atoms with van der Waals surface area (Å²) in [6.07, 6.45) is -1.14. The van der Waals surface area contributed by atoms with E-state index in [1.54, 1.807) is 39.8 Å². The third-order valence-electron chi connectivity index (χ3n) is 6.53. The Morgan fingerprint density at radius 2 is 1.60 bits per heavy atom. The quantitative estimate of drug-likeness (QED) is 0.252. The zero-order valence-corrected chi connectivity index (χ0v) is 24.9. The minimum Gasteiger partial charge on any atom is -0.462 e. The lowest BCUT2D eigenvalue weighted by atomic mass is 9.87. The molecule has 2 N–H and O–H groups in total. The molecule has 0 aliphatic carbocycles. The number of hydrogen-bond donors (Lipinski definition) is 2. The van der Waals surface area contributed by atoms with Crippen LogP contribution in [0.4, 0.5) is 5.69 Å². The van der Waals surface area contributed by atoms with Crippen molar-refractivity contribution in [2.75, 3.05) is 11.3 Å². The molecule has 9 nitrogen and oxygen atoms in total. The Labute approximate surface area is 235 Å². The number of Topliss-reactive ketones (excluding diaryl/α,β-unsaturated/α-hetero) is 1. The van der Waals surface area contributed by atoms with Crippen molar-refractivity contribution in [2.24, 2.45) is 0 Å². The van der Waals surface area contributed by atoms with Crippen LogP contribution < -0.4 is 4.72 Å². The fraction of sp³-hybridized carbons (Fsp3) is 0.367. The predicted octanol–water partition coefficient (Wildman–Crippen LogP) is 5.64. The maximum Gasteiger partial charge on any atom is 0.340 e. The Kier molecular flexibility index (Phi) is 8.94. The van der Waals surface area contributed by atoms with Gasteiger partial charge in [-0.15, -0.1) is 0 Å². The number of H-pyrrole nitrogens is 1. The smallest absolute Gasteiger partial charge is 0.340 e. The standard InChI is InChI=1S/C30H36N2O7S/c1-9-38-29(35)25-18(3)26(31-19(25)4)27(33)20(5)39-28(34)21-11-14-23(15-12-21)32-40(36,37)24-16-22(30(6,7)8)13-10-17(24)2/h10-16,20,31-32H,9H2,1-8H3/t20-/m1/s1. The number of anilines is 1. The molecule has 0 fully saturated rings. The maximum atomic E-state index is 13.1. The first-order valence-electron chi connectivity index (χ1n) is 12.9. The number of carbonyl (C=O) groups excluding carboxylic acids is 3. The van der Waals surface area contributed by atoms with Gasteiger partial charge in [-0.3, -0.25) is 9.52 Å². The fourth-order valence-corrected chi connectivity index (χ4v) is 5.56. The molecule has 0 radical (unpaired) electrons. The number of aromatic nitrogens is 1. The van der Waals surface area contributed by atoms with Gasteiger partial charge >= 0.3 is 11.9 Å². The molecule has 10 heteroatoms. The van der Waals surface area contributed by atoms with E-state index < -0.39 is 33.8 Å². The van der Waals surface area contributed by atoms with Gasteiger partial charge in [-0.25, -0.2) is 18.0 Å². The monoisotopic (exact) mass is 568 g/mol. The number of rotatable bonds is 9. The molecule has 0 unspecified atom stereocenters. The largest absolute Gasteiger partial charge is 0.462 e. The van der Waals surface area contributed by atoms with Gasteiger partial charge in [0.25, 0.3) is 10.0 Å². The number of sulfonamides is 1.